The summed E-state index contributed by atoms with van der Waals surface area (Å²) in [5.74, 6) is -0.913. The third-order valence-electron chi connectivity index (χ3n) is 4.56. The molecule has 1 unspecified atom stereocenters. The molecule has 7 heteroatoms. The Bertz CT molecular complexity index is 486. The van der Waals surface area contributed by atoms with Crippen LogP contribution in [0.5, 0.6) is 0 Å². The molecule has 1 atom stereocenters. The van der Waals surface area contributed by atoms with Crippen LogP contribution in [0.2, 0.25) is 0 Å². The van der Waals surface area contributed by atoms with E-state index in [4.69, 9.17) is 0 Å². The molecule has 2 saturated heterocycles. The van der Waals surface area contributed by atoms with Crippen LogP contribution < -0.4 is 10.6 Å². The predicted octanol–water partition coefficient (Wildman–Crippen LogP) is -0.0962. The number of piperidine rings is 1. The monoisotopic (exact) mass is 279 g/mol. The number of carbonyl (C=O) groups is 4. The summed E-state index contributed by atoms with van der Waals surface area (Å²) in [6, 6.07) is -1.01. The molecule has 0 bridgehead atoms. The van der Waals surface area contributed by atoms with Gasteiger partial charge in [-0.15, -0.1) is 0 Å². The van der Waals surface area contributed by atoms with Gasteiger partial charge in [0.15, 0.2) is 0 Å². The molecule has 0 radical (unpaired) electrons. The van der Waals surface area contributed by atoms with Crippen molar-refractivity contribution >= 4 is 23.8 Å². The van der Waals surface area contributed by atoms with Gasteiger partial charge in [-0.1, -0.05) is 12.8 Å². The molecule has 3 fully saturated rings. The molecule has 1 spiro atoms. The second-order valence-corrected chi connectivity index (χ2v) is 5.72. The number of nitrogens with one attached hydrogen (secondary N) is 2. The van der Waals surface area contributed by atoms with Crippen molar-refractivity contribution in [1.82, 2.24) is 15.5 Å². The summed E-state index contributed by atoms with van der Waals surface area (Å²) in [5.41, 5.74) is -1.06. The van der Waals surface area contributed by atoms with E-state index in [1.54, 1.807) is 0 Å². The molecule has 5 amide bonds. The molecular formula is C13H17N3O4. The Balaban J connectivity index is 1.86. The number of urea groups is 1. The van der Waals surface area contributed by atoms with Gasteiger partial charge >= 0.3 is 6.03 Å². The first-order valence-electron chi connectivity index (χ1n) is 7.00. The fraction of sp³-hybridized carbons (Fsp3) is 0.692. The van der Waals surface area contributed by atoms with Crippen LogP contribution >= 0.6 is 0 Å². The molecule has 2 aliphatic heterocycles. The Hall–Kier alpha value is -1.92. The summed E-state index contributed by atoms with van der Waals surface area (Å²) in [4.78, 5) is 49.1. The van der Waals surface area contributed by atoms with Crippen molar-refractivity contribution < 1.29 is 19.2 Å². The van der Waals surface area contributed by atoms with E-state index >= 15 is 0 Å². The van der Waals surface area contributed by atoms with Gasteiger partial charge in [0.05, 0.1) is 6.04 Å². The maximum Gasteiger partial charge on any atom is 0.331 e. The van der Waals surface area contributed by atoms with Crippen LogP contribution in [-0.4, -0.2) is 41.2 Å². The Morgan fingerprint density at radius 2 is 1.80 bits per heavy atom. The maximum absolute atomic E-state index is 12.7. The van der Waals surface area contributed by atoms with Crippen molar-refractivity contribution in [3.63, 3.8) is 0 Å². The zero-order chi connectivity index (χ0) is 14.3. The minimum Gasteiger partial charge on any atom is -0.354 e. The molecule has 0 aromatic heterocycles. The average Bonchev–Trinajstić information content (AvgIpc) is 2.90. The lowest BCUT2D eigenvalue weighted by molar-refractivity contribution is -0.153. The van der Waals surface area contributed by atoms with Crippen molar-refractivity contribution in [2.24, 2.45) is 5.41 Å². The van der Waals surface area contributed by atoms with Crippen molar-refractivity contribution in [2.75, 3.05) is 6.54 Å². The van der Waals surface area contributed by atoms with Crippen molar-refractivity contribution in [3.8, 4) is 0 Å². The van der Waals surface area contributed by atoms with Gasteiger partial charge in [-0.3, -0.25) is 24.6 Å². The topological polar surface area (TPSA) is 95.6 Å². The molecule has 1 aliphatic carbocycles. The minimum atomic E-state index is -1.06. The molecule has 7 nitrogen and oxygen atoms in total. The Morgan fingerprint density at radius 3 is 2.40 bits per heavy atom. The van der Waals surface area contributed by atoms with Crippen LogP contribution in [0.25, 0.3) is 0 Å². The number of rotatable bonds is 1. The van der Waals surface area contributed by atoms with Gasteiger partial charge in [0.25, 0.3) is 0 Å². The zero-order valence-electron chi connectivity index (χ0n) is 11.1. The van der Waals surface area contributed by atoms with Crippen molar-refractivity contribution in [1.29, 1.82) is 0 Å². The number of hydrogen-bond acceptors (Lipinski definition) is 4. The SMILES string of the molecule is O=C1CCC(N2C(=O)NC(=O)C3(CCCC3)C2=O)CN1. The van der Waals surface area contributed by atoms with Gasteiger partial charge in [-0.05, 0) is 19.3 Å². The highest BCUT2D eigenvalue weighted by atomic mass is 16.2. The summed E-state index contributed by atoms with van der Waals surface area (Å²) in [5, 5.41) is 4.98. The van der Waals surface area contributed by atoms with E-state index in [0.29, 0.717) is 25.7 Å². The van der Waals surface area contributed by atoms with E-state index in [-0.39, 0.29) is 24.4 Å². The standard InChI is InChI=1S/C13H17N3O4/c17-9-4-3-8(7-14-9)16-11(19)13(5-1-2-6-13)10(18)15-12(16)20/h8H,1-7H2,(H,14,17)(H,15,18,20). The highest BCUT2D eigenvalue weighted by Crippen LogP contribution is 2.42. The van der Waals surface area contributed by atoms with Crippen LogP contribution in [0, 0.1) is 5.41 Å². The fourth-order valence-electron chi connectivity index (χ4n) is 3.39. The summed E-state index contributed by atoms with van der Waals surface area (Å²) in [7, 11) is 0. The van der Waals surface area contributed by atoms with Gasteiger partial charge in [-0.2, -0.15) is 0 Å². The van der Waals surface area contributed by atoms with Gasteiger partial charge in [0, 0.05) is 13.0 Å². The quantitative estimate of drug-likeness (QED) is 0.655. The van der Waals surface area contributed by atoms with E-state index in [1.165, 1.54) is 0 Å². The molecule has 108 valence electrons. The smallest absolute Gasteiger partial charge is 0.331 e. The highest BCUT2D eigenvalue weighted by Gasteiger charge is 2.56. The Morgan fingerprint density at radius 1 is 1.10 bits per heavy atom. The minimum absolute atomic E-state index is 0.0715. The number of imide groups is 2. The third-order valence-corrected chi connectivity index (χ3v) is 4.56. The Kier molecular flexibility index (Phi) is 2.99. The second kappa shape index (κ2) is 4.57. The van der Waals surface area contributed by atoms with Gasteiger partial charge in [-0.25, -0.2) is 4.79 Å². The fourth-order valence-corrected chi connectivity index (χ4v) is 3.39. The highest BCUT2D eigenvalue weighted by molar-refractivity contribution is 6.19. The second-order valence-electron chi connectivity index (χ2n) is 5.72. The van der Waals surface area contributed by atoms with E-state index in [9.17, 15) is 19.2 Å². The molecule has 0 aromatic rings. The molecule has 1 saturated carbocycles. The van der Waals surface area contributed by atoms with E-state index < -0.39 is 17.4 Å². The number of carbonyl (C=O) groups excluding carboxylic acids is 4. The van der Waals surface area contributed by atoms with E-state index in [1.807, 2.05) is 0 Å². The largest absolute Gasteiger partial charge is 0.354 e. The molecule has 3 aliphatic rings. The maximum atomic E-state index is 12.7. The lowest BCUT2D eigenvalue weighted by Gasteiger charge is -2.41. The lowest BCUT2D eigenvalue weighted by Crippen LogP contribution is -2.67. The Labute approximate surface area is 116 Å². The van der Waals surface area contributed by atoms with Crippen LogP contribution in [-0.2, 0) is 14.4 Å². The van der Waals surface area contributed by atoms with Gasteiger partial charge in [0.2, 0.25) is 17.7 Å². The van der Waals surface area contributed by atoms with E-state index in [0.717, 1.165) is 17.7 Å². The molecule has 2 N–H and O–H groups in total. The average molecular weight is 279 g/mol. The number of barbiturate groups is 1. The third kappa shape index (κ3) is 1.80. The zero-order valence-corrected chi connectivity index (χ0v) is 11.1. The van der Waals surface area contributed by atoms with Gasteiger partial charge in [0.1, 0.15) is 5.41 Å². The normalized spacial score (nSPS) is 29.6. The summed E-state index contributed by atoms with van der Waals surface area (Å²) >= 11 is 0. The summed E-state index contributed by atoms with van der Waals surface area (Å²) in [6.45, 7) is 0.266. The molecule has 0 aromatic carbocycles. The molecule has 20 heavy (non-hydrogen) atoms. The van der Waals surface area contributed by atoms with Crippen molar-refractivity contribution in [2.45, 2.75) is 44.6 Å². The number of nitrogens with zero attached hydrogens (tertiary/aromatic N) is 1. The van der Waals surface area contributed by atoms with E-state index in [2.05, 4.69) is 10.6 Å². The number of hydrogen-bond donors (Lipinski definition) is 2. The predicted molar refractivity (Wildman–Crippen MR) is 67.3 cm³/mol. The lowest BCUT2D eigenvalue weighted by atomic mass is 9.81. The van der Waals surface area contributed by atoms with Crippen LogP contribution in [0.15, 0.2) is 0 Å². The first kappa shape index (κ1) is 13.1. The molecular weight excluding hydrogens is 262 g/mol. The van der Waals surface area contributed by atoms with Crippen molar-refractivity contribution in [3.05, 3.63) is 0 Å². The summed E-state index contributed by atoms with van der Waals surface area (Å²) in [6.07, 6.45) is 3.39. The van der Waals surface area contributed by atoms with Crippen LogP contribution in [0.1, 0.15) is 38.5 Å². The van der Waals surface area contributed by atoms with Gasteiger partial charge < -0.3 is 5.32 Å². The van der Waals surface area contributed by atoms with Crippen LogP contribution in [0.3, 0.4) is 0 Å². The first-order valence-corrected chi connectivity index (χ1v) is 7.00. The number of amides is 5. The molecule has 2 heterocycles. The summed E-state index contributed by atoms with van der Waals surface area (Å²) < 4.78 is 0. The first-order chi connectivity index (χ1) is 9.54. The molecule has 3 rings (SSSR count). The van der Waals surface area contributed by atoms with Crippen LogP contribution in [0.4, 0.5) is 4.79 Å².